The lowest BCUT2D eigenvalue weighted by Gasteiger charge is -2.00. The fourth-order valence-corrected chi connectivity index (χ4v) is 3.70. The van der Waals surface area contributed by atoms with Gasteiger partial charge in [-0.25, -0.2) is 4.39 Å². The Morgan fingerprint density at radius 1 is 1.30 bits per heavy atom. The molecule has 0 N–H and O–H groups in total. The number of amides is 1. The molecule has 0 aliphatic rings. The fourth-order valence-electron chi connectivity index (χ4n) is 2.12. The third kappa shape index (κ3) is 3.26. The van der Waals surface area contributed by atoms with Crippen molar-refractivity contribution in [3.8, 4) is 12.3 Å². The summed E-state index contributed by atoms with van der Waals surface area (Å²) in [6.45, 7) is 0.317. The molecule has 0 spiro atoms. The lowest BCUT2D eigenvalue weighted by molar-refractivity contribution is 0.0998. The monoisotopic (exact) mass is 388 g/mol. The fraction of sp³-hybridized carbons (Fsp3) is 0.0588. The topological polar surface area (TPSA) is 34.4 Å². The third-order valence-electron chi connectivity index (χ3n) is 3.18. The molecular weight excluding hydrogens is 379 g/mol. The van der Waals surface area contributed by atoms with Crippen LogP contribution in [0.25, 0.3) is 10.2 Å². The van der Waals surface area contributed by atoms with E-state index in [1.165, 1.54) is 35.6 Å². The van der Waals surface area contributed by atoms with Gasteiger partial charge in [-0.1, -0.05) is 33.2 Å². The van der Waals surface area contributed by atoms with Crippen LogP contribution in [0.15, 0.2) is 51.9 Å². The van der Waals surface area contributed by atoms with Gasteiger partial charge in [0.05, 0.1) is 16.8 Å². The Morgan fingerprint density at radius 3 is 2.74 bits per heavy atom. The molecule has 0 fully saturated rings. The zero-order valence-electron chi connectivity index (χ0n) is 11.8. The van der Waals surface area contributed by atoms with E-state index in [0.29, 0.717) is 16.9 Å². The lowest BCUT2D eigenvalue weighted by atomic mass is 10.2. The second-order valence-corrected chi connectivity index (χ2v) is 6.64. The summed E-state index contributed by atoms with van der Waals surface area (Å²) in [4.78, 5) is 16.9. The van der Waals surface area contributed by atoms with Crippen molar-refractivity contribution in [1.29, 1.82) is 0 Å². The highest BCUT2D eigenvalue weighted by Crippen LogP contribution is 2.22. The van der Waals surface area contributed by atoms with Gasteiger partial charge in [-0.3, -0.25) is 4.79 Å². The van der Waals surface area contributed by atoms with Gasteiger partial charge in [0.15, 0.2) is 4.80 Å². The smallest absolute Gasteiger partial charge is 0.279 e. The Hall–Kier alpha value is -2.23. The van der Waals surface area contributed by atoms with Gasteiger partial charge in [-0.05, 0) is 42.5 Å². The van der Waals surface area contributed by atoms with Gasteiger partial charge < -0.3 is 4.57 Å². The van der Waals surface area contributed by atoms with Crippen LogP contribution in [-0.4, -0.2) is 10.5 Å². The Bertz CT molecular complexity index is 996. The first-order valence-electron chi connectivity index (χ1n) is 6.65. The van der Waals surface area contributed by atoms with Crippen LogP contribution in [0.3, 0.4) is 0 Å². The van der Waals surface area contributed by atoms with Crippen LogP contribution in [-0.2, 0) is 6.54 Å². The standard InChI is InChI=1S/C17H10BrFN2OS/c1-2-9-21-14-8-5-12(18)10-15(14)23-17(21)20-16(22)11-3-6-13(19)7-4-11/h1,3-8,10H,9H2. The Balaban J connectivity index is 2.14. The second-order valence-electron chi connectivity index (χ2n) is 4.71. The zero-order chi connectivity index (χ0) is 16.4. The van der Waals surface area contributed by atoms with Crippen LogP contribution in [0.5, 0.6) is 0 Å². The highest BCUT2D eigenvalue weighted by molar-refractivity contribution is 9.10. The maximum atomic E-state index is 12.9. The van der Waals surface area contributed by atoms with E-state index in [-0.39, 0.29) is 0 Å². The molecule has 0 aliphatic carbocycles. The predicted octanol–water partition coefficient (Wildman–Crippen LogP) is 3.98. The molecule has 0 aliphatic heterocycles. The summed E-state index contributed by atoms with van der Waals surface area (Å²) in [7, 11) is 0. The number of carbonyl (C=O) groups excluding carboxylic acids is 1. The van der Waals surface area contributed by atoms with E-state index in [1.807, 2.05) is 22.8 Å². The Kier molecular flexibility index (Phi) is 4.42. The van der Waals surface area contributed by atoms with E-state index in [2.05, 4.69) is 26.8 Å². The summed E-state index contributed by atoms with van der Waals surface area (Å²) in [6.07, 6.45) is 5.42. The largest absolute Gasteiger partial charge is 0.305 e. The maximum Gasteiger partial charge on any atom is 0.279 e. The van der Waals surface area contributed by atoms with Crippen LogP contribution in [0.1, 0.15) is 10.4 Å². The van der Waals surface area contributed by atoms with Crippen molar-refractivity contribution in [2.45, 2.75) is 6.54 Å². The van der Waals surface area contributed by atoms with E-state index in [0.717, 1.165) is 14.7 Å². The molecular formula is C17H10BrFN2OS. The number of fused-ring (bicyclic) bond motifs is 1. The number of rotatable bonds is 2. The van der Waals surface area contributed by atoms with Crippen molar-refractivity contribution >= 4 is 43.4 Å². The molecule has 2 aromatic carbocycles. The molecule has 114 valence electrons. The minimum Gasteiger partial charge on any atom is -0.305 e. The van der Waals surface area contributed by atoms with Gasteiger partial charge in [0.2, 0.25) is 0 Å². The number of halogens is 2. The molecule has 0 saturated heterocycles. The van der Waals surface area contributed by atoms with Crippen molar-refractivity contribution in [3.05, 3.63) is 63.1 Å². The predicted molar refractivity (Wildman–Crippen MR) is 92.6 cm³/mol. The second kappa shape index (κ2) is 6.49. The number of thiazole rings is 1. The number of hydrogen-bond acceptors (Lipinski definition) is 2. The van der Waals surface area contributed by atoms with Crippen molar-refractivity contribution in [2.24, 2.45) is 4.99 Å². The molecule has 6 heteroatoms. The summed E-state index contributed by atoms with van der Waals surface area (Å²) in [6, 6.07) is 11.1. The average Bonchev–Trinajstić information content (AvgIpc) is 2.85. The van der Waals surface area contributed by atoms with E-state index in [9.17, 15) is 9.18 Å². The van der Waals surface area contributed by atoms with E-state index in [4.69, 9.17) is 6.42 Å². The molecule has 3 nitrogen and oxygen atoms in total. The van der Waals surface area contributed by atoms with Crippen LogP contribution in [0.4, 0.5) is 4.39 Å². The van der Waals surface area contributed by atoms with Crippen molar-refractivity contribution < 1.29 is 9.18 Å². The van der Waals surface area contributed by atoms with Gasteiger partial charge in [0.1, 0.15) is 5.82 Å². The number of nitrogens with zero attached hydrogens (tertiary/aromatic N) is 2. The SMILES string of the molecule is C#CCn1c(=NC(=O)c2ccc(F)cc2)sc2cc(Br)ccc21. The summed E-state index contributed by atoms with van der Waals surface area (Å²) in [5.41, 5.74) is 1.25. The van der Waals surface area contributed by atoms with E-state index >= 15 is 0 Å². The molecule has 0 saturated carbocycles. The average molecular weight is 389 g/mol. The molecule has 23 heavy (non-hydrogen) atoms. The van der Waals surface area contributed by atoms with Crippen molar-refractivity contribution in [3.63, 3.8) is 0 Å². The minimum atomic E-state index is -0.429. The first kappa shape index (κ1) is 15.7. The number of terminal acetylenes is 1. The molecule has 0 radical (unpaired) electrons. The lowest BCUT2D eigenvalue weighted by Crippen LogP contribution is -2.16. The first-order valence-corrected chi connectivity index (χ1v) is 8.26. The molecule has 3 rings (SSSR count). The van der Waals surface area contributed by atoms with E-state index < -0.39 is 11.7 Å². The molecule has 0 bridgehead atoms. The summed E-state index contributed by atoms with van der Waals surface area (Å²) in [5.74, 6) is 1.75. The first-order chi connectivity index (χ1) is 11.1. The maximum absolute atomic E-state index is 12.9. The van der Waals surface area contributed by atoms with Crippen molar-refractivity contribution in [2.75, 3.05) is 0 Å². The van der Waals surface area contributed by atoms with Gasteiger partial charge in [0.25, 0.3) is 5.91 Å². The molecule has 1 heterocycles. The highest BCUT2D eigenvalue weighted by Gasteiger charge is 2.09. The summed E-state index contributed by atoms with van der Waals surface area (Å²) < 4.78 is 16.7. The van der Waals surface area contributed by atoms with Crippen LogP contribution in [0.2, 0.25) is 0 Å². The van der Waals surface area contributed by atoms with Crippen LogP contribution < -0.4 is 4.80 Å². The molecule has 0 atom stereocenters. The van der Waals surface area contributed by atoms with Gasteiger partial charge in [-0.2, -0.15) is 4.99 Å². The van der Waals surface area contributed by atoms with Gasteiger partial charge >= 0.3 is 0 Å². The summed E-state index contributed by atoms with van der Waals surface area (Å²) >= 11 is 4.80. The Labute approximate surface area is 144 Å². The quantitative estimate of drug-likeness (QED) is 0.611. The number of carbonyl (C=O) groups is 1. The van der Waals surface area contributed by atoms with Crippen molar-refractivity contribution in [1.82, 2.24) is 4.57 Å². The minimum absolute atomic E-state index is 0.317. The number of aromatic nitrogens is 1. The number of benzene rings is 2. The normalized spacial score (nSPS) is 11.6. The molecule has 1 aromatic heterocycles. The van der Waals surface area contributed by atoms with Crippen LogP contribution in [0, 0.1) is 18.2 Å². The van der Waals surface area contributed by atoms with Gasteiger partial charge in [-0.15, -0.1) is 6.42 Å². The summed E-state index contributed by atoms with van der Waals surface area (Å²) in [5, 5.41) is 0. The molecule has 3 aromatic rings. The number of hydrogen-bond donors (Lipinski definition) is 0. The zero-order valence-corrected chi connectivity index (χ0v) is 14.2. The van der Waals surface area contributed by atoms with E-state index in [1.54, 1.807) is 0 Å². The van der Waals surface area contributed by atoms with Gasteiger partial charge in [0, 0.05) is 10.0 Å². The Morgan fingerprint density at radius 2 is 2.04 bits per heavy atom. The third-order valence-corrected chi connectivity index (χ3v) is 4.72. The van der Waals surface area contributed by atoms with Crippen LogP contribution >= 0.6 is 27.3 Å². The molecule has 1 amide bonds. The highest BCUT2D eigenvalue weighted by atomic mass is 79.9. The molecule has 0 unspecified atom stereocenters.